The Balaban J connectivity index is 1.71. The molecule has 4 nitrogen and oxygen atoms in total. The zero-order valence-corrected chi connectivity index (χ0v) is 16.8. The first-order valence-electron chi connectivity index (χ1n) is 8.46. The van der Waals surface area contributed by atoms with Crippen molar-refractivity contribution >= 4 is 35.2 Å². The number of hydrogen-bond donors (Lipinski definition) is 0. The highest BCUT2D eigenvalue weighted by molar-refractivity contribution is 6.35. The Morgan fingerprint density at radius 3 is 2.57 bits per heavy atom. The van der Waals surface area contributed by atoms with Crippen molar-refractivity contribution in [2.75, 3.05) is 0 Å². The lowest BCUT2D eigenvalue weighted by Gasteiger charge is -2.05. The summed E-state index contributed by atoms with van der Waals surface area (Å²) in [6.07, 6.45) is 3.00. The molecule has 0 radical (unpaired) electrons. The summed E-state index contributed by atoms with van der Waals surface area (Å²) in [5, 5.41) is 5.42. The van der Waals surface area contributed by atoms with Crippen molar-refractivity contribution in [3.8, 4) is 5.69 Å². The highest BCUT2D eigenvalue weighted by Gasteiger charge is 2.11. The fourth-order valence-electron chi connectivity index (χ4n) is 2.72. The molecule has 1 aromatic heterocycles. The first-order valence-corrected chi connectivity index (χ1v) is 9.21. The van der Waals surface area contributed by atoms with Crippen LogP contribution >= 0.6 is 23.2 Å². The van der Waals surface area contributed by atoms with Crippen LogP contribution < -0.4 is 0 Å². The second-order valence-corrected chi connectivity index (χ2v) is 6.99. The number of aromatic nitrogens is 2. The number of esters is 1. The van der Waals surface area contributed by atoms with Crippen molar-refractivity contribution in [3.05, 3.63) is 86.9 Å². The first kappa shape index (κ1) is 20.1. The molecular formula is C21H17Cl2FN2O2. The van der Waals surface area contributed by atoms with Crippen LogP contribution in [0.4, 0.5) is 4.39 Å². The normalized spacial score (nSPS) is 11.2. The molecule has 1 heterocycles. The van der Waals surface area contributed by atoms with Crippen LogP contribution in [0.2, 0.25) is 10.0 Å². The number of ether oxygens (including phenoxy) is 1. The summed E-state index contributed by atoms with van der Waals surface area (Å²) >= 11 is 11.9. The Hall–Kier alpha value is -2.63. The summed E-state index contributed by atoms with van der Waals surface area (Å²) < 4.78 is 20.1. The molecule has 28 heavy (non-hydrogen) atoms. The molecule has 3 rings (SSSR count). The Bertz CT molecular complexity index is 1040. The van der Waals surface area contributed by atoms with E-state index < -0.39 is 5.97 Å². The van der Waals surface area contributed by atoms with Gasteiger partial charge >= 0.3 is 5.97 Å². The zero-order valence-electron chi connectivity index (χ0n) is 15.2. The Kier molecular flexibility index (Phi) is 6.17. The third-order valence-electron chi connectivity index (χ3n) is 4.19. The summed E-state index contributed by atoms with van der Waals surface area (Å²) in [5.74, 6) is -0.812. The zero-order chi connectivity index (χ0) is 20.3. The fourth-order valence-corrected chi connectivity index (χ4v) is 3.18. The van der Waals surface area contributed by atoms with E-state index in [0.29, 0.717) is 15.6 Å². The molecular weight excluding hydrogens is 402 g/mol. The molecule has 0 aliphatic carbocycles. The summed E-state index contributed by atoms with van der Waals surface area (Å²) in [5.41, 5.74) is 3.78. The van der Waals surface area contributed by atoms with E-state index in [1.807, 2.05) is 13.8 Å². The molecule has 0 saturated carbocycles. The SMILES string of the molecule is Cc1nn(-c2ccc(F)cc2)c(C)c1/C=C/C(=O)OCc1ccc(Cl)cc1Cl. The summed E-state index contributed by atoms with van der Waals surface area (Å²) in [4.78, 5) is 12.1. The number of halogens is 3. The highest BCUT2D eigenvalue weighted by atomic mass is 35.5. The number of carbonyl (C=O) groups is 1. The maximum Gasteiger partial charge on any atom is 0.331 e. The number of aryl methyl sites for hydroxylation is 1. The van der Waals surface area contributed by atoms with Gasteiger partial charge in [-0.15, -0.1) is 0 Å². The van der Waals surface area contributed by atoms with Gasteiger partial charge in [0, 0.05) is 32.9 Å². The van der Waals surface area contributed by atoms with E-state index in [9.17, 15) is 9.18 Å². The van der Waals surface area contributed by atoms with Crippen LogP contribution in [-0.4, -0.2) is 15.7 Å². The van der Waals surface area contributed by atoms with E-state index >= 15 is 0 Å². The van der Waals surface area contributed by atoms with Gasteiger partial charge in [-0.2, -0.15) is 5.10 Å². The topological polar surface area (TPSA) is 44.1 Å². The largest absolute Gasteiger partial charge is 0.458 e. The molecule has 0 saturated heterocycles. The van der Waals surface area contributed by atoms with E-state index in [1.165, 1.54) is 18.2 Å². The number of nitrogens with zero attached hydrogens (tertiary/aromatic N) is 2. The number of carbonyl (C=O) groups excluding carboxylic acids is 1. The van der Waals surface area contributed by atoms with Gasteiger partial charge in [-0.1, -0.05) is 29.3 Å². The van der Waals surface area contributed by atoms with Gasteiger partial charge in [0.05, 0.1) is 11.4 Å². The van der Waals surface area contributed by atoms with Crippen LogP contribution in [0, 0.1) is 19.7 Å². The van der Waals surface area contributed by atoms with Gasteiger partial charge in [-0.05, 0) is 56.3 Å². The molecule has 0 aliphatic rings. The molecule has 144 valence electrons. The maximum atomic E-state index is 13.1. The molecule has 2 aromatic carbocycles. The molecule has 0 aliphatic heterocycles. The quantitative estimate of drug-likeness (QED) is 0.394. The van der Waals surface area contributed by atoms with Crippen molar-refractivity contribution in [2.45, 2.75) is 20.5 Å². The molecule has 7 heteroatoms. The Morgan fingerprint density at radius 1 is 1.18 bits per heavy atom. The monoisotopic (exact) mass is 418 g/mol. The van der Waals surface area contributed by atoms with Crippen LogP contribution in [0.1, 0.15) is 22.5 Å². The molecule has 0 atom stereocenters. The van der Waals surface area contributed by atoms with Crippen molar-refractivity contribution < 1.29 is 13.9 Å². The van der Waals surface area contributed by atoms with Crippen LogP contribution in [-0.2, 0) is 16.1 Å². The highest BCUT2D eigenvalue weighted by Crippen LogP contribution is 2.22. The Morgan fingerprint density at radius 2 is 1.89 bits per heavy atom. The van der Waals surface area contributed by atoms with Crippen molar-refractivity contribution in [1.82, 2.24) is 9.78 Å². The van der Waals surface area contributed by atoms with E-state index in [2.05, 4.69) is 5.10 Å². The second kappa shape index (κ2) is 8.59. The van der Waals surface area contributed by atoms with E-state index in [-0.39, 0.29) is 12.4 Å². The average Bonchev–Trinajstić information content (AvgIpc) is 2.94. The van der Waals surface area contributed by atoms with Gasteiger partial charge in [-0.3, -0.25) is 0 Å². The van der Waals surface area contributed by atoms with Gasteiger partial charge in [0.1, 0.15) is 12.4 Å². The average molecular weight is 419 g/mol. The van der Waals surface area contributed by atoms with E-state index in [4.69, 9.17) is 27.9 Å². The third-order valence-corrected chi connectivity index (χ3v) is 4.78. The predicted octanol–water partition coefficient (Wildman–Crippen LogP) is 5.69. The van der Waals surface area contributed by atoms with Crippen LogP contribution in [0.5, 0.6) is 0 Å². The lowest BCUT2D eigenvalue weighted by atomic mass is 10.2. The molecule has 0 bridgehead atoms. The molecule has 0 fully saturated rings. The lowest BCUT2D eigenvalue weighted by molar-refractivity contribution is -0.138. The predicted molar refractivity (Wildman–Crippen MR) is 108 cm³/mol. The molecule has 0 N–H and O–H groups in total. The first-order chi connectivity index (χ1) is 13.3. The van der Waals surface area contributed by atoms with Gasteiger partial charge in [-0.25, -0.2) is 13.9 Å². The van der Waals surface area contributed by atoms with Gasteiger partial charge in [0.15, 0.2) is 0 Å². The molecule has 0 unspecified atom stereocenters. The standard InChI is InChI=1S/C21H17Cl2FN2O2/c1-13-19(14(2)26(25-13)18-7-5-17(24)6-8-18)9-10-21(27)28-12-15-3-4-16(22)11-20(15)23/h3-11H,12H2,1-2H3/b10-9+. The van der Waals surface area contributed by atoms with E-state index in [0.717, 1.165) is 22.6 Å². The Labute approximate surface area is 172 Å². The molecule has 0 spiro atoms. The van der Waals surface area contributed by atoms with Crippen molar-refractivity contribution in [2.24, 2.45) is 0 Å². The lowest BCUT2D eigenvalue weighted by Crippen LogP contribution is -2.01. The van der Waals surface area contributed by atoms with Crippen LogP contribution in [0.15, 0.2) is 48.5 Å². The minimum atomic E-state index is -0.501. The van der Waals surface area contributed by atoms with Crippen molar-refractivity contribution in [3.63, 3.8) is 0 Å². The third kappa shape index (κ3) is 4.61. The van der Waals surface area contributed by atoms with Gasteiger partial charge in [0.2, 0.25) is 0 Å². The summed E-state index contributed by atoms with van der Waals surface area (Å²) in [6.45, 7) is 3.76. The maximum absolute atomic E-state index is 13.1. The minimum absolute atomic E-state index is 0.0476. The molecule has 0 amide bonds. The fraction of sp³-hybridized carbons (Fsp3) is 0.143. The molecule has 3 aromatic rings. The van der Waals surface area contributed by atoms with Crippen molar-refractivity contribution in [1.29, 1.82) is 0 Å². The number of benzene rings is 2. The summed E-state index contributed by atoms with van der Waals surface area (Å²) in [7, 11) is 0. The second-order valence-electron chi connectivity index (χ2n) is 6.15. The van der Waals surface area contributed by atoms with Crippen LogP contribution in [0.25, 0.3) is 11.8 Å². The van der Waals surface area contributed by atoms with E-state index in [1.54, 1.807) is 41.1 Å². The number of rotatable bonds is 5. The van der Waals surface area contributed by atoms with Gasteiger partial charge < -0.3 is 4.74 Å². The number of hydrogen-bond acceptors (Lipinski definition) is 3. The summed E-state index contributed by atoms with van der Waals surface area (Å²) in [6, 6.07) is 11.0. The van der Waals surface area contributed by atoms with Crippen LogP contribution in [0.3, 0.4) is 0 Å². The minimum Gasteiger partial charge on any atom is -0.458 e. The van der Waals surface area contributed by atoms with Gasteiger partial charge in [0.25, 0.3) is 0 Å². The smallest absolute Gasteiger partial charge is 0.331 e.